The molecule has 450 valence electrons. The summed E-state index contributed by atoms with van der Waals surface area (Å²) in [5, 5.41) is 11.6. The number of allylic oxidation sites excluding steroid dienone is 2. The van der Waals surface area contributed by atoms with Crippen LogP contribution >= 0.6 is 0 Å². The van der Waals surface area contributed by atoms with Crippen LogP contribution in [0, 0.1) is 11.8 Å². The van der Waals surface area contributed by atoms with E-state index in [1.165, 1.54) is 19.6 Å². The van der Waals surface area contributed by atoms with E-state index in [1.54, 1.807) is 41.9 Å². The molecule has 79 heavy (non-hydrogen) atoms. The number of hydrogen-bond acceptors (Lipinski definition) is 18. The van der Waals surface area contributed by atoms with Crippen LogP contribution < -0.4 is 0 Å². The summed E-state index contributed by atoms with van der Waals surface area (Å²) in [5.41, 5.74) is -0.307. The SMILES string of the molecule is CCC(=O)O[C@H]1[C@H](C)O[C@@H](O[C@H]2[C@H](N(C)C)[C@@H](OC(C)=O)[C@H](O[C@H]3[C@@H](CC(OC)OC)C[C@@H](C)[C@@H](O[Si](C)(C)C(C)(C)C)/C=C/C=C/C[C@@H](C)OC(=O)C[C@H](OC(=O)CCCCCc4ccccc4)[C@@H]3OC)O[C@@H]2C)C[C@@]1(C)O. The standard InChI is InChI=1S/C60H99NO17Si/c1-18-47(63)75-57-41(5)71-51(37-60(57,10)66)76-53-40(4)72-58(56(73-42(6)62)52(53)61(11)12)77-54-44(35-50(67-13)68-14)34-38(2)45(78-79(16,17)59(7,8)9)32-26-19-22-28-39(3)70-49(65)36-46(55(54)69-15)74-48(64)33-27-21-25-31-43-29-23-20-24-30-43/h19-20,22-24,26,29-30,32,38-41,44-46,50-58,66H,18,21,25,27-28,31,33-37H2,1-17H3/b22-19+,32-26+/t38-,39-,40-,41+,44-,45+,46+,51+,52+,53-,54+,55+,56-,57+,58+,60-/m1/s1. The first-order valence-electron chi connectivity index (χ1n) is 28.5. The number of likely N-dealkylation sites (N-methyl/N-ethyl adjacent to an activating group) is 1. The monoisotopic (exact) mass is 1130 g/mol. The molecule has 0 bridgehead atoms. The number of rotatable bonds is 22. The lowest BCUT2D eigenvalue weighted by molar-refractivity contribution is -0.345. The Morgan fingerprint density at radius 2 is 1.54 bits per heavy atom. The number of hydrogen-bond donors (Lipinski definition) is 1. The van der Waals surface area contributed by atoms with Gasteiger partial charge in [0.2, 0.25) is 0 Å². The molecule has 1 N–H and O–H groups in total. The summed E-state index contributed by atoms with van der Waals surface area (Å²) in [6.45, 7) is 23.0. The second kappa shape index (κ2) is 31.7. The second-order valence-electron chi connectivity index (χ2n) is 23.8. The number of aryl methyl sites for hydroxylation is 1. The van der Waals surface area contributed by atoms with Crippen molar-refractivity contribution in [3.63, 3.8) is 0 Å². The summed E-state index contributed by atoms with van der Waals surface area (Å²) in [7, 11) is 5.82. The van der Waals surface area contributed by atoms with Gasteiger partial charge in [0.15, 0.2) is 39.4 Å². The van der Waals surface area contributed by atoms with Gasteiger partial charge in [-0.25, -0.2) is 0 Å². The first kappa shape index (κ1) is 67.9. The highest BCUT2D eigenvalue weighted by Crippen LogP contribution is 2.42. The molecule has 0 aliphatic carbocycles. The molecule has 19 heteroatoms. The molecule has 3 aliphatic rings. The van der Waals surface area contributed by atoms with Crippen LogP contribution in [0.15, 0.2) is 54.6 Å². The van der Waals surface area contributed by atoms with Gasteiger partial charge in [-0.05, 0) is 103 Å². The molecule has 0 aromatic heterocycles. The highest BCUT2D eigenvalue weighted by molar-refractivity contribution is 6.74. The van der Waals surface area contributed by atoms with Crippen molar-refractivity contribution in [3.8, 4) is 0 Å². The molecule has 1 aromatic rings. The molecule has 2 fully saturated rings. The van der Waals surface area contributed by atoms with Crippen LogP contribution in [0.5, 0.6) is 0 Å². The van der Waals surface area contributed by atoms with Gasteiger partial charge in [0.25, 0.3) is 0 Å². The van der Waals surface area contributed by atoms with Gasteiger partial charge in [0, 0.05) is 60.4 Å². The lowest BCUT2D eigenvalue weighted by Gasteiger charge is -2.51. The molecule has 1 aromatic carbocycles. The van der Waals surface area contributed by atoms with Crippen molar-refractivity contribution >= 4 is 32.2 Å². The van der Waals surface area contributed by atoms with Crippen molar-refractivity contribution in [1.82, 2.24) is 4.90 Å². The largest absolute Gasteiger partial charge is 0.462 e. The average molecular weight is 1130 g/mol. The molecule has 16 atom stereocenters. The third-order valence-corrected chi connectivity index (χ3v) is 20.4. The number of methoxy groups -OCH3 is 3. The average Bonchev–Trinajstić information content (AvgIpc) is 3.42. The summed E-state index contributed by atoms with van der Waals surface area (Å²) >= 11 is 0. The Morgan fingerprint density at radius 1 is 0.861 bits per heavy atom. The predicted octanol–water partition coefficient (Wildman–Crippen LogP) is 9.18. The maximum absolute atomic E-state index is 14.2. The molecule has 3 heterocycles. The van der Waals surface area contributed by atoms with Gasteiger partial charge < -0.3 is 66.5 Å². The lowest BCUT2D eigenvalue weighted by Crippen LogP contribution is -2.66. The fourth-order valence-electron chi connectivity index (χ4n) is 10.6. The number of carbonyl (C=O) groups is 4. The van der Waals surface area contributed by atoms with Crippen LogP contribution in [0.2, 0.25) is 18.1 Å². The maximum Gasteiger partial charge on any atom is 0.309 e. The third-order valence-electron chi connectivity index (χ3n) is 15.9. The Kier molecular flexibility index (Phi) is 27.3. The van der Waals surface area contributed by atoms with E-state index in [1.807, 2.05) is 62.3 Å². The van der Waals surface area contributed by atoms with Crippen LogP contribution in [0.4, 0.5) is 0 Å². The molecule has 2 saturated heterocycles. The fraction of sp³-hybridized carbons (Fsp3) is 0.767. The zero-order chi connectivity index (χ0) is 58.8. The normalized spacial score (nSPS) is 33.4. The van der Waals surface area contributed by atoms with Gasteiger partial charge in [-0.2, -0.15) is 0 Å². The number of unbranched alkanes of at least 4 members (excludes halogenated alkanes) is 2. The van der Waals surface area contributed by atoms with Gasteiger partial charge in [0.05, 0.1) is 36.9 Å². The summed E-state index contributed by atoms with van der Waals surface area (Å²) in [6.07, 6.45) is -0.224. The Bertz CT molecular complexity index is 2080. The van der Waals surface area contributed by atoms with Crippen molar-refractivity contribution in [1.29, 1.82) is 0 Å². The van der Waals surface area contributed by atoms with Crippen molar-refractivity contribution < 1.29 is 80.8 Å². The molecular formula is C60H99NO17Si. The molecule has 0 unspecified atom stereocenters. The summed E-state index contributed by atoms with van der Waals surface area (Å²) in [5.74, 6) is -3.00. The number of esters is 4. The highest BCUT2D eigenvalue weighted by atomic mass is 28.4. The summed E-state index contributed by atoms with van der Waals surface area (Å²) < 4.78 is 77.1. The Hall–Kier alpha value is -3.60. The Labute approximate surface area is 473 Å². The molecule has 0 saturated carbocycles. The van der Waals surface area contributed by atoms with E-state index < -0.39 is 124 Å². The molecule has 0 spiro atoms. The topological polar surface area (TPSA) is 203 Å². The van der Waals surface area contributed by atoms with Crippen LogP contribution in [0.3, 0.4) is 0 Å². The van der Waals surface area contributed by atoms with Crippen molar-refractivity contribution in [2.24, 2.45) is 11.8 Å². The second-order valence-corrected chi connectivity index (χ2v) is 28.6. The minimum Gasteiger partial charge on any atom is -0.462 e. The van der Waals surface area contributed by atoms with E-state index in [9.17, 15) is 24.3 Å². The molecule has 3 aliphatic heterocycles. The van der Waals surface area contributed by atoms with E-state index in [4.69, 9.17) is 56.5 Å². The van der Waals surface area contributed by atoms with Crippen LogP contribution in [0.1, 0.15) is 139 Å². The minimum absolute atomic E-state index is 0.0568. The molecule has 0 radical (unpaired) electrons. The van der Waals surface area contributed by atoms with E-state index in [-0.39, 0.29) is 49.2 Å². The Morgan fingerprint density at radius 3 is 2.14 bits per heavy atom. The predicted molar refractivity (Wildman–Crippen MR) is 301 cm³/mol. The first-order chi connectivity index (χ1) is 37.1. The number of carbonyl (C=O) groups excluding carboxylic acids is 4. The Balaban J connectivity index is 1.87. The quantitative estimate of drug-likeness (QED) is 0.0378. The summed E-state index contributed by atoms with van der Waals surface area (Å²) in [4.78, 5) is 55.9. The summed E-state index contributed by atoms with van der Waals surface area (Å²) in [6, 6.07) is 9.42. The molecule has 18 nitrogen and oxygen atoms in total. The fourth-order valence-corrected chi connectivity index (χ4v) is 11.9. The third kappa shape index (κ3) is 20.7. The number of ether oxygens (including phenoxy) is 11. The zero-order valence-corrected chi connectivity index (χ0v) is 51.6. The van der Waals surface area contributed by atoms with Crippen molar-refractivity contribution in [2.75, 3.05) is 35.4 Å². The smallest absolute Gasteiger partial charge is 0.309 e. The van der Waals surface area contributed by atoms with Crippen molar-refractivity contribution in [2.45, 2.75) is 250 Å². The number of benzene rings is 1. The van der Waals surface area contributed by atoms with E-state index in [0.717, 1.165) is 19.3 Å². The molecular weight excluding hydrogens is 1030 g/mol. The minimum atomic E-state index is -2.40. The van der Waals surface area contributed by atoms with E-state index in [2.05, 4.69) is 59.0 Å². The highest BCUT2D eigenvalue weighted by Gasteiger charge is 2.55. The first-order valence-corrected chi connectivity index (χ1v) is 31.5. The number of nitrogens with zero attached hydrogens (tertiary/aromatic N) is 1. The maximum atomic E-state index is 14.2. The van der Waals surface area contributed by atoms with Crippen LogP contribution in [-0.2, 0) is 82.1 Å². The molecule has 4 rings (SSSR count). The van der Waals surface area contributed by atoms with Gasteiger partial charge in [-0.3, -0.25) is 19.2 Å². The van der Waals surface area contributed by atoms with Crippen LogP contribution in [-0.4, -0.2) is 169 Å². The van der Waals surface area contributed by atoms with Gasteiger partial charge in [-0.15, -0.1) is 0 Å². The lowest BCUT2D eigenvalue weighted by atomic mass is 9.82. The zero-order valence-electron chi connectivity index (χ0n) is 50.6. The van der Waals surface area contributed by atoms with Crippen molar-refractivity contribution in [3.05, 3.63) is 60.2 Å². The van der Waals surface area contributed by atoms with E-state index >= 15 is 0 Å². The van der Waals surface area contributed by atoms with E-state index in [0.29, 0.717) is 19.3 Å². The number of cyclic esters (lactones) is 1. The number of aliphatic hydroxyl groups is 1. The molecule has 0 amide bonds. The van der Waals surface area contributed by atoms with Gasteiger partial charge >= 0.3 is 23.9 Å². The van der Waals surface area contributed by atoms with Crippen LogP contribution in [0.25, 0.3) is 0 Å². The van der Waals surface area contributed by atoms with Gasteiger partial charge in [-0.1, -0.05) is 95.7 Å². The van der Waals surface area contributed by atoms with Gasteiger partial charge in [0.1, 0.15) is 30.0 Å².